The van der Waals surface area contributed by atoms with Gasteiger partial charge < -0.3 is 5.11 Å². The first-order chi connectivity index (χ1) is 9.06. The van der Waals surface area contributed by atoms with E-state index in [4.69, 9.17) is 5.11 Å². The quantitative estimate of drug-likeness (QED) is 0.921. The molecule has 0 spiro atoms. The lowest BCUT2D eigenvalue weighted by Gasteiger charge is -2.04. The number of rotatable bonds is 5. The summed E-state index contributed by atoms with van der Waals surface area (Å²) in [6.07, 6.45) is 0. The second-order valence-corrected chi connectivity index (χ2v) is 6.85. The number of carbonyl (C=O) groups is 1. The average Bonchev–Trinajstić information content (AvgIpc) is 2.80. The summed E-state index contributed by atoms with van der Waals surface area (Å²) in [7, 11) is -1.01. The monoisotopic (exact) mass is 294 g/mol. The highest BCUT2D eigenvalue weighted by Crippen LogP contribution is 2.19. The Morgan fingerprint density at radius 2 is 1.95 bits per heavy atom. The average molecular weight is 294 g/mol. The normalized spacial score (nSPS) is 12.3. The molecule has 3 nitrogen and oxygen atoms in total. The van der Waals surface area contributed by atoms with Crippen LogP contribution in [-0.4, -0.2) is 15.3 Å². The van der Waals surface area contributed by atoms with Crippen LogP contribution in [0.1, 0.15) is 25.7 Å². The first-order valence-electron chi connectivity index (χ1n) is 5.78. The molecule has 1 N–H and O–H groups in total. The van der Waals surface area contributed by atoms with Crippen LogP contribution in [0.25, 0.3) is 0 Å². The second-order valence-electron chi connectivity index (χ2n) is 4.23. The minimum atomic E-state index is -1.01. The fourth-order valence-corrected chi connectivity index (χ4v) is 4.18. The molecular formula is C14H14O3S2. The SMILES string of the molecule is Cc1ccccc1CS(=O)Cc1ccc(C(=O)O)s1. The molecule has 0 radical (unpaired) electrons. The first-order valence-corrected chi connectivity index (χ1v) is 8.08. The van der Waals surface area contributed by atoms with E-state index in [1.165, 1.54) is 11.3 Å². The number of hydrogen-bond acceptors (Lipinski definition) is 3. The fraction of sp³-hybridized carbons (Fsp3) is 0.214. The maximum atomic E-state index is 12.1. The number of aromatic carboxylic acids is 1. The van der Waals surface area contributed by atoms with Crippen LogP contribution in [0.15, 0.2) is 36.4 Å². The van der Waals surface area contributed by atoms with Gasteiger partial charge in [-0.25, -0.2) is 4.79 Å². The second kappa shape index (κ2) is 6.12. The zero-order valence-electron chi connectivity index (χ0n) is 10.5. The van der Waals surface area contributed by atoms with Gasteiger partial charge in [0.2, 0.25) is 0 Å². The molecule has 0 bridgehead atoms. The summed E-state index contributed by atoms with van der Waals surface area (Å²) >= 11 is 1.19. The highest BCUT2D eigenvalue weighted by Gasteiger charge is 2.10. The van der Waals surface area contributed by atoms with Gasteiger partial charge in [0.25, 0.3) is 0 Å². The Kier molecular flexibility index (Phi) is 4.50. The van der Waals surface area contributed by atoms with Crippen molar-refractivity contribution in [2.24, 2.45) is 0 Å². The van der Waals surface area contributed by atoms with Crippen LogP contribution in [0.4, 0.5) is 0 Å². The molecular weight excluding hydrogens is 280 g/mol. The van der Waals surface area contributed by atoms with E-state index in [0.29, 0.717) is 16.4 Å². The smallest absolute Gasteiger partial charge is 0.345 e. The minimum Gasteiger partial charge on any atom is -0.477 e. The van der Waals surface area contributed by atoms with Gasteiger partial charge in [0.05, 0.1) is 5.75 Å². The van der Waals surface area contributed by atoms with Crippen molar-refractivity contribution in [2.45, 2.75) is 18.4 Å². The fourth-order valence-electron chi connectivity index (χ4n) is 1.73. The van der Waals surface area contributed by atoms with Crippen molar-refractivity contribution in [1.29, 1.82) is 0 Å². The third-order valence-corrected chi connectivity index (χ3v) is 5.28. The number of benzene rings is 1. The van der Waals surface area contributed by atoms with Crippen LogP contribution >= 0.6 is 11.3 Å². The third-order valence-electron chi connectivity index (χ3n) is 2.75. The predicted molar refractivity (Wildman–Crippen MR) is 78.0 cm³/mol. The molecule has 0 aliphatic heterocycles. The van der Waals surface area contributed by atoms with Gasteiger partial charge in [0, 0.05) is 21.4 Å². The minimum absolute atomic E-state index is 0.294. The molecule has 1 atom stereocenters. The van der Waals surface area contributed by atoms with E-state index in [-0.39, 0.29) is 0 Å². The Labute approximate surface area is 118 Å². The number of thiophene rings is 1. The van der Waals surface area contributed by atoms with E-state index < -0.39 is 16.8 Å². The lowest BCUT2D eigenvalue weighted by molar-refractivity contribution is 0.0702. The number of carboxylic acids is 1. The van der Waals surface area contributed by atoms with Crippen molar-refractivity contribution in [1.82, 2.24) is 0 Å². The summed E-state index contributed by atoms with van der Waals surface area (Å²) in [6.45, 7) is 2.00. The highest BCUT2D eigenvalue weighted by atomic mass is 32.2. The summed E-state index contributed by atoms with van der Waals surface area (Å²) < 4.78 is 12.1. The Balaban J connectivity index is 2.01. The highest BCUT2D eigenvalue weighted by molar-refractivity contribution is 7.83. The molecule has 0 saturated heterocycles. The zero-order chi connectivity index (χ0) is 13.8. The van der Waals surface area contributed by atoms with Crippen LogP contribution in [0.5, 0.6) is 0 Å². The lowest BCUT2D eigenvalue weighted by Crippen LogP contribution is -1.99. The van der Waals surface area contributed by atoms with Crippen molar-refractivity contribution in [3.63, 3.8) is 0 Å². The molecule has 1 aromatic heterocycles. The Morgan fingerprint density at radius 1 is 1.21 bits per heavy atom. The standard InChI is InChI=1S/C14H14O3S2/c1-10-4-2-3-5-11(10)8-19(17)9-12-6-7-13(18-12)14(15)16/h2-7H,8-9H2,1H3,(H,15,16). The van der Waals surface area contributed by atoms with Gasteiger partial charge in [0.15, 0.2) is 0 Å². The molecule has 0 amide bonds. The van der Waals surface area contributed by atoms with Gasteiger partial charge in [-0.3, -0.25) is 4.21 Å². The maximum absolute atomic E-state index is 12.1. The van der Waals surface area contributed by atoms with Crippen molar-refractivity contribution in [2.75, 3.05) is 0 Å². The van der Waals surface area contributed by atoms with E-state index in [1.807, 2.05) is 31.2 Å². The summed E-state index contributed by atoms with van der Waals surface area (Å²) in [5.74, 6) is -0.0138. The van der Waals surface area contributed by atoms with Crippen LogP contribution < -0.4 is 0 Å². The Hall–Kier alpha value is -1.46. The molecule has 1 aromatic carbocycles. The van der Waals surface area contributed by atoms with Gasteiger partial charge in [-0.2, -0.15) is 0 Å². The Bertz CT molecular complexity index is 617. The van der Waals surface area contributed by atoms with E-state index in [9.17, 15) is 9.00 Å². The molecule has 100 valence electrons. The van der Waals surface area contributed by atoms with Crippen LogP contribution in [0.2, 0.25) is 0 Å². The van der Waals surface area contributed by atoms with Gasteiger partial charge in [-0.15, -0.1) is 11.3 Å². The third kappa shape index (κ3) is 3.75. The van der Waals surface area contributed by atoms with Gasteiger partial charge in [0.1, 0.15) is 4.88 Å². The van der Waals surface area contributed by atoms with Crippen LogP contribution in [0, 0.1) is 6.92 Å². The largest absolute Gasteiger partial charge is 0.477 e. The molecule has 1 heterocycles. The molecule has 0 saturated carbocycles. The van der Waals surface area contributed by atoms with Crippen LogP contribution in [-0.2, 0) is 22.3 Å². The van der Waals surface area contributed by atoms with Gasteiger partial charge in [-0.05, 0) is 30.2 Å². The zero-order valence-corrected chi connectivity index (χ0v) is 12.1. The molecule has 1 unspecified atom stereocenters. The lowest BCUT2D eigenvalue weighted by atomic mass is 10.1. The number of aryl methyl sites for hydroxylation is 1. The number of hydrogen-bond donors (Lipinski definition) is 1. The van der Waals surface area contributed by atoms with Crippen molar-refractivity contribution < 1.29 is 14.1 Å². The predicted octanol–water partition coefficient (Wildman–Crippen LogP) is 3.20. The van der Waals surface area contributed by atoms with Crippen molar-refractivity contribution >= 4 is 28.1 Å². The van der Waals surface area contributed by atoms with E-state index in [2.05, 4.69) is 0 Å². The first kappa shape index (κ1) is 14.0. The molecule has 0 fully saturated rings. The van der Waals surface area contributed by atoms with Gasteiger partial charge in [-0.1, -0.05) is 24.3 Å². The van der Waals surface area contributed by atoms with Crippen molar-refractivity contribution in [3.8, 4) is 0 Å². The summed E-state index contributed by atoms with van der Waals surface area (Å²) in [4.78, 5) is 11.9. The van der Waals surface area contributed by atoms with E-state index >= 15 is 0 Å². The molecule has 19 heavy (non-hydrogen) atoms. The topological polar surface area (TPSA) is 54.4 Å². The molecule has 0 aliphatic rings. The summed E-state index contributed by atoms with van der Waals surface area (Å²) in [5, 5.41) is 8.84. The molecule has 2 rings (SSSR count). The van der Waals surface area contributed by atoms with Gasteiger partial charge >= 0.3 is 5.97 Å². The van der Waals surface area contributed by atoms with E-state index in [0.717, 1.165) is 16.0 Å². The van der Waals surface area contributed by atoms with Crippen molar-refractivity contribution in [3.05, 3.63) is 57.3 Å². The molecule has 5 heteroatoms. The summed E-state index contributed by atoms with van der Waals surface area (Å²) in [6, 6.07) is 11.2. The summed E-state index contributed by atoms with van der Waals surface area (Å²) in [5.41, 5.74) is 2.21. The van der Waals surface area contributed by atoms with E-state index in [1.54, 1.807) is 12.1 Å². The number of carboxylic acid groups (broad SMARTS) is 1. The Morgan fingerprint density at radius 3 is 2.58 bits per heavy atom. The van der Waals surface area contributed by atoms with Crippen LogP contribution in [0.3, 0.4) is 0 Å². The molecule has 2 aromatic rings. The molecule has 0 aliphatic carbocycles. The maximum Gasteiger partial charge on any atom is 0.345 e.